The molecule has 5 atom stereocenters. The van der Waals surface area contributed by atoms with Gasteiger partial charge >= 0.3 is 39.5 Å². The monoisotopic (exact) mass is 1470 g/mol. The van der Waals surface area contributed by atoms with Gasteiger partial charge in [-0.1, -0.05) is 283 Å². The Morgan fingerprint density at radius 1 is 0.284 bits per heavy atom. The lowest BCUT2D eigenvalue weighted by molar-refractivity contribution is -0.161. The molecule has 0 aliphatic carbocycles. The molecule has 19 heteroatoms. The average molecular weight is 1470 g/mol. The van der Waals surface area contributed by atoms with Crippen LogP contribution in [0.3, 0.4) is 0 Å². The molecule has 0 aromatic carbocycles. The number of phosphoric ester groups is 2. The summed E-state index contributed by atoms with van der Waals surface area (Å²) in [4.78, 5) is 72.9. The van der Waals surface area contributed by atoms with E-state index in [9.17, 15) is 43.2 Å². The van der Waals surface area contributed by atoms with Crippen LogP contribution in [0.2, 0.25) is 0 Å². The van der Waals surface area contributed by atoms with Crippen molar-refractivity contribution in [3.05, 3.63) is 134 Å². The van der Waals surface area contributed by atoms with Gasteiger partial charge in [-0.05, 0) is 135 Å². The summed E-state index contributed by atoms with van der Waals surface area (Å²) in [6.07, 6.45) is 83.0. The predicted octanol–water partition coefficient (Wildman–Crippen LogP) is 22.9. The highest BCUT2D eigenvalue weighted by molar-refractivity contribution is 7.47. The zero-order chi connectivity index (χ0) is 74.6. The van der Waals surface area contributed by atoms with E-state index in [0.717, 1.165) is 141 Å². The van der Waals surface area contributed by atoms with E-state index in [1.54, 1.807) is 0 Å². The highest BCUT2D eigenvalue weighted by Crippen LogP contribution is 2.45. The third-order valence-corrected chi connectivity index (χ3v) is 18.0. The summed E-state index contributed by atoms with van der Waals surface area (Å²) in [5.41, 5.74) is 0. The van der Waals surface area contributed by atoms with Gasteiger partial charge in [-0.2, -0.15) is 0 Å². The number of phosphoric acid groups is 2. The average Bonchev–Trinajstić information content (AvgIpc) is 0.923. The molecule has 0 radical (unpaired) electrons. The summed E-state index contributed by atoms with van der Waals surface area (Å²) in [5.74, 6) is -2.30. The van der Waals surface area contributed by atoms with Crippen LogP contribution in [0.4, 0.5) is 0 Å². The van der Waals surface area contributed by atoms with Gasteiger partial charge in [-0.25, -0.2) is 9.13 Å². The van der Waals surface area contributed by atoms with Crippen LogP contribution in [0.5, 0.6) is 0 Å². The Kier molecular flexibility index (Phi) is 71.0. The number of carbonyl (C=O) groups excluding carboxylic acids is 4. The lowest BCUT2D eigenvalue weighted by atomic mass is 10.0. The standard InChI is InChI=1S/C83H140O17P2/c1-5-9-13-17-21-25-29-33-37-38-42-44-48-52-56-60-64-68-81(86)94-74-79(100-83(88)70-66-62-58-54-50-46-41-36-32-28-24-20-16-12-8-4)76-98-102(91,92)96-72-77(84)71-95-101(89,90)97-75-78(99-82(87)69-65-61-57-53-49-45-40-35-31-27-23-19-15-11-7-3)73-93-80(85)67-63-59-55-51-47-43-39-34-30-26-22-18-14-10-6-2/h9-10,13-14,21-23,25-27,33-35,37,39-40,42,44,47,51-52,56,77-79,84H,5-8,11-12,15-20,24,28-32,36,38,41,43,45-46,48-50,53-55,57-76H2,1-4H3,(H,89,90)(H,91,92)/b13-9-,14-10-,25-21-,26-22-,27-23-,37-33-,39-34-,40-35-,44-42-,51-47-,56-52-. The first-order valence-electron chi connectivity index (χ1n) is 39.4. The zero-order valence-electron chi connectivity index (χ0n) is 63.7. The molecule has 5 unspecified atom stereocenters. The van der Waals surface area contributed by atoms with Gasteiger partial charge in [0, 0.05) is 25.7 Å². The van der Waals surface area contributed by atoms with Crippen LogP contribution in [-0.4, -0.2) is 96.7 Å². The minimum atomic E-state index is -4.99. The second-order valence-electron chi connectivity index (χ2n) is 25.9. The highest BCUT2D eigenvalue weighted by atomic mass is 31.2. The van der Waals surface area contributed by atoms with Crippen molar-refractivity contribution in [2.24, 2.45) is 0 Å². The molecule has 3 N–H and O–H groups in total. The molecule has 0 fully saturated rings. The van der Waals surface area contributed by atoms with E-state index in [1.165, 1.54) is 83.5 Å². The molecule has 0 amide bonds. The second-order valence-corrected chi connectivity index (χ2v) is 28.8. The molecule has 584 valence electrons. The van der Waals surface area contributed by atoms with E-state index in [1.807, 2.05) is 12.2 Å². The van der Waals surface area contributed by atoms with E-state index in [-0.39, 0.29) is 25.7 Å². The lowest BCUT2D eigenvalue weighted by Gasteiger charge is -2.21. The van der Waals surface area contributed by atoms with Gasteiger partial charge in [0.15, 0.2) is 12.2 Å². The number of unbranched alkanes of at least 4 members (excludes halogenated alkanes) is 25. The van der Waals surface area contributed by atoms with Crippen molar-refractivity contribution >= 4 is 39.5 Å². The molecule has 0 bridgehead atoms. The van der Waals surface area contributed by atoms with Crippen LogP contribution in [0.1, 0.15) is 310 Å². The maximum Gasteiger partial charge on any atom is 0.472 e. The maximum absolute atomic E-state index is 13.1. The van der Waals surface area contributed by atoms with E-state index in [0.29, 0.717) is 32.1 Å². The molecule has 0 saturated heterocycles. The topological polar surface area (TPSA) is 237 Å². The van der Waals surface area contributed by atoms with Crippen molar-refractivity contribution in [1.29, 1.82) is 0 Å². The summed E-state index contributed by atoms with van der Waals surface area (Å²) in [7, 11) is -9.99. The SMILES string of the molecule is CC/C=C\C/C=C\C/C=C\C/C=C\C/C=C\CCCC(=O)OCC(COP(=O)(O)OCC(O)COP(=O)(O)OCC(COC(=O)CCCC/C=C\C/C=C\C/C=C\C/C=C\CC)OC(=O)CCCCCCC/C=C\C/C=C\CCCCC)OC(=O)CCCCCCCCCCCCCCCCC. The fraction of sp³-hybridized carbons (Fsp3) is 0.687. The molecule has 0 spiro atoms. The van der Waals surface area contributed by atoms with Crippen molar-refractivity contribution in [3.8, 4) is 0 Å². The molecular formula is C83H140O17P2. The van der Waals surface area contributed by atoms with Gasteiger partial charge in [-0.3, -0.25) is 37.3 Å². The number of allylic oxidation sites excluding steroid dienone is 22. The van der Waals surface area contributed by atoms with E-state index in [4.69, 9.17) is 37.0 Å². The number of hydrogen-bond acceptors (Lipinski definition) is 15. The van der Waals surface area contributed by atoms with E-state index >= 15 is 0 Å². The summed E-state index contributed by atoms with van der Waals surface area (Å²) < 4.78 is 68.5. The number of carbonyl (C=O) groups is 4. The van der Waals surface area contributed by atoms with Crippen molar-refractivity contribution in [2.75, 3.05) is 39.6 Å². The van der Waals surface area contributed by atoms with Crippen molar-refractivity contribution in [1.82, 2.24) is 0 Å². The molecule has 0 saturated carbocycles. The molecule has 0 aliphatic heterocycles. The van der Waals surface area contributed by atoms with Crippen molar-refractivity contribution in [3.63, 3.8) is 0 Å². The molecular weight excluding hydrogens is 1330 g/mol. The number of ether oxygens (including phenoxy) is 4. The number of aliphatic hydroxyl groups excluding tert-OH is 1. The molecule has 0 aromatic heterocycles. The van der Waals surface area contributed by atoms with Crippen LogP contribution < -0.4 is 0 Å². The number of hydrogen-bond donors (Lipinski definition) is 3. The first-order chi connectivity index (χ1) is 49.7. The van der Waals surface area contributed by atoms with Crippen LogP contribution in [0.15, 0.2) is 134 Å². The Morgan fingerprint density at radius 3 is 0.863 bits per heavy atom. The van der Waals surface area contributed by atoms with Crippen LogP contribution in [0.25, 0.3) is 0 Å². The molecule has 17 nitrogen and oxygen atoms in total. The molecule has 0 heterocycles. The molecule has 0 aromatic rings. The summed E-state index contributed by atoms with van der Waals surface area (Å²) in [6, 6.07) is 0. The summed E-state index contributed by atoms with van der Waals surface area (Å²) in [6.45, 7) is 4.51. The van der Waals surface area contributed by atoms with Gasteiger partial charge in [0.2, 0.25) is 0 Å². The number of esters is 4. The van der Waals surface area contributed by atoms with Gasteiger partial charge in [-0.15, -0.1) is 0 Å². The minimum absolute atomic E-state index is 0.0659. The summed E-state index contributed by atoms with van der Waals surface area (Å²) >= 11 is 0. The highest BCUT2D eigenvalue weighted by Gasteiger charge is 2.30. The largest absolute Gasteiger partial charge is 0.472 e. The smallest absolute Gasteiger partial charge is 0.462 e. The molecule has 0 aliphatic rings. The van der Waals surface area contributed by atoms with Gasteiger partial charge in [0.25, 0.3) is 0 Å². The van der Waals surface area contributed by atoms with Gasteiger partial charge in [0.1, 0.15) is 19.3 Å². The maximum atomic E-state index is 13.1. The minimum Gasteiger partial charge on any atom is -0.462 e. The van der Waals surface area contributed by atoms with Crippen LogP contribution in [-0.2, 0) is 65.4 Å². The first-order valence-corrected chi connectivity index (χ1v) is 42.4. The van der Waals surface area contributed by atoms with E-state index < -0.39 is 97.5 Å². The van der Waals surface area contributed by atoms with Gasteiger partial charge in [0.05, 0.1) is 26.4 Å². The Labute approximate surface area is 618 Å². The molecule has 0 rings (SSSR count). The number of aliphatic hydroxyl groups is 1. The fourth-order valence-corrected chi connectivity index (χ4v) is 11.7. The third kappa shape index (κ3) is 73.5. The fourth-order valence-electron chi connectivity index (χ4n) is 10.2. The second kappa shape index (κ2) is 74.5. The normalized spacial score (nSPS) is 14.6. The summed E-state index contributed by atoms with van der Waals surface area (Å²) in [5, 5.41) is 10.6. The van der Waals surface area contributed by atoms with Gasteiger partial charge < -0.3 is 33.8 Å². The van der Waals surface area contributed by atoms with E-state index in [2.05, 4.69) is 149 Å². The Hall–Kier alpha value is -4.80. The van der Waals surface area contributed by atoms with Crippen LogP contribution >= 0.6 is 15.6 Å². The van der Waals surface area contributed by atoms with Crippen molar-refractivity contribution in [2.45, 2.75) is 329 Å². The zero-order valence-corrected chi connectivity index (χ0v) is 65.5. The van der Waals surface area contributed by atoms with Crippen LogP contribution in [0, 0.1) is 0 Å². The Bertz CT molecular complexity index is 2460. The van der Waals surface area contributed by atoms with Crippen molar-refractivity contribution < 1.29 is 80.2 Å². The quantitative estimate of drug-likeness (QED) is 0.0169. The molecule has 102 heavy (non-hydrogen) atoms. The third-order valence-electron chi connectivity index (χ3n) is 16.1. The first kappa shape index (κ1) is 97.2. The number of rotatable bonds is 73. The predicted molar refractivity (Wildman–Crippen MR) is 418 cm³/mol. The lowest BCUT2D eigenvalue weighted by Crippen LogP contribution is -2.30. The Balaban J connectivity index is 5.45. The Morgan fingerprint density at radius 2 is 0.520 bits per heavy atom.